The number of carbonyl (C=O) groups is 2. The highest BCUT2D eigenvalue weighted by atomic mass is 32.2. The molecule has 1 heterocycles. The van der Waals surface area contributed by atoms with Crippen molar-refractivity contribution in [2.75, 3.05) is 13.7 Å². The monoisotopic (exact) mass is 364 g/mol. The number of nitrogens with one attached hydrogen (secondary N) is 2. The number of hydrogen-bond acceptors (Lipinski definition) is 7. The zero-order chi connectivity index (χ0) is 18.6. The number of carbonyl (C=O) groups excluding carboxylic acids is 2. The van der Waals surface area contributed by atoms with Crippen LogP contribution in [0, 0.1) is 5.41 Å². The van der Waals surface area contributed by atoms with Crippen molar-refractivity contribution in [1.29, 1.82) is 5.41 Å². The number of hydrogen-bond donors (Lipinski definition) is 2. The van der Waals surface area contributed by atoms with Crippen LogP contribution < -0.4 is 14.8 Å². The fourth-order valence-electron chi connectivity index (χ4n) is 1.99. The molecule has 1 aliphatic heterocycles. The number of amidine groups is 1. The lowest BCUT2D eigenvalue weighted by Gasteiger charge is -2.19. The quantitative estimate of drug-likeness (QED) is 0.615. The van der Waals surface area contributed by atoms with E-state index in [-0.39, 0.29) is 17.7 Å². The third-order valence-corrected chi connectivity index (χ3v) is 3.74. The number of esters is 1. The minimum atomic E-state index is -0.576. The van der Waals surface area contributed by atoms with Gasteiger partial charge in [-0.15, -0.1) is 0 Å². The van der Waals surface area contributed by atoms with Gasteiger partial charge in [-0.2, -0.15) is 0 Å². The Hall–Kier alpha value is -2.48. The largest absolute Gasteiger partial charge is 0.493 e. The van der Waals surface area contributed by atoms with E-state index >= 15 is 0 Å². The summed E-state index contributed by atoms with van der Waals surface area (Å²) in [6.07, 6.45) is 1.65. The highest BCUT2D eigenvalue weighted by Crippen LogP contribution is 2.31. The zero-order valence-electron chi connectivity index (χ0n) is 14.5. The number of rotatable bonds is 5. The fraction of sp³-hybridized carbons (Fsp3) is 0.353. The molecular weight excluding hydrogens is 344 g/mol. The van der Waals surface area contributed by atoms with E-state index in [9.17, 15) is 9.59 Å². The van der Waals surface area contributed by atoms with Crippen LogP contribution in [0.1, 0.15) is 26.3 Å². The van der Waals surface area contributed by atoms with Gasteiger partial charge in [0.25, 0.3) is 5.91 Å². The second-order valence-corrected chi connectivity index (χ2v) is 7.23. The minimum absolute atomic E-state index is 0.0977. The van der Waals surface area contributed by atoms with Crippen LogP contribution in [0.5, 0.6) is 11.5 Å². The highest BCUT2D eigenvalue weighted by molar-refractivity contribution is 8.18. The van der Waals surface area contributed by atoms with Crippen molar-refractivity contribution in [2.45, 2.75) is 26.4 Å². The lowest BCUT2D eigenvalue weighted by molar-refractivity contribution is -0.157. The molecule has 1 amide bonds. The Balaban J connectivity index is 2.09. The molecule has 2 N–H and O–H groups in total. The van der Waals surface area contributed by atoms with Crippen LogP contribution in [0.4, 0.5) is 0 Å². The Morgan fingerprint density at radius 1 is 1.32 bits per heavy atom. The Kier molecular flexibility index (Phi) is 5.73. The molecule has 8 heteroatoms. The molecule has 0 saturated carbocycles. The summed E-state index contributed by atoms with van der Waals surface area (Å²) in [4.78, 5) is 23.8. The Labute approximate surface area is 150 Å². The molecule has 1 aliphatic rings. The van der Waals surface area contributed by atoms with Gasteiger partial charge in [-0.05, 0) is 56.3 Å². The van der Waals surface area contributed by atoms with Crippen LogP contribution in [-0.2, 0) is 14.3 Å². The van der Waals surface area contributed by atoms with E-state index in [4.69, 9.17) is 19.6 Å². The third-order valence-electron chi connectivity index (χ3n) is 2.91. The lowest BCUT2D eigenvalue weighted by Crippen LogP contribution is -2.27. The maximum atomic E-state index is 11.7. The molecule has 0 radical (unpaired) electrons. The van der Waals surface area contributed by atoms with Gasteiger partial charge in [0.2, 0.25) is 0 Å². The summed E-state index contributed by atoms with van der Waals surface area (Å²) in [5.41, 5.74) is 0.141. The summed E-state index contributed by atoms with van der Waals surface area (Å²) < 4.78 is 15.9. The van der Waals surface area contributed by atoms with E-state index in [2.05, 4.69) is 5.32 Å². The molecule has 1 fully saturated rings. The van der Waals surface area contributed by atoms with E-state index in [1.807, 2.05) is 0 Å². The van der Waals surface area contributed by atoms with E-state index in [1.165, 1.54) is 7.11 Å². The molecule has 1 saturated heterocycles. The van der Waals surface area contributed by atoms with E-state index in [0.29, 0.717) is 22.0 Å². The normalized spacial score (nSPS) is 15.9. The Bertz CT molecular complexity index is 737. The Morgan fingerprint density at radius 3 is 2.60 bits per heavy atom. The van der Waals surface area contributed by atoms with Crippen molar-refractivity contribution in [3.05, 3.63) is 28.7 Å². The maximum Gasteiger partial charge on any atom is 0.344 e. The van der Waals surface area contributed by atoms with Gasteiger partial charge in [0.1, 0.15) is 5.60 Å². The predicted octanol–water partition coefficient (Wildman–Crippen LogP) is 2.55. The van der Waals surface area contributed by atoms with Crippen molar-refractivity contribution in [1.82, 2.24) is 5.32 Å². The standard InChI is InChI=1S/C17H20N2O5S/c1-17(2,3)24-14(20)9-23-11-6-5-10(7-12(11)22-4)8-13-15(21)19-16(18)25-13/h5-8H,9H2,1-4H3,(H2,18,19,21)/b13-8-. The highest BCUT2D eigenvalue weighted by Gasteiger charge is 2.22. The van der Waals surface area contributed by atoms with Gasteiger partial charge in [0.15, 0.2) is 23.3 Å². The van der Waals surface area contributed by atoms with Crippen LogP contribution in [0.25, 0.3) is 6.08 Å². The second-order valence-electron chi connectivity index (χ2n) is 6.18. The molecule has 0 spiro atoms. The maximum absolute atomic E-state index is 11.7. The minimum Gasteiger partial charge on any atom is -0.493 e. The SMILES string of the molecule is COc1cc(/C=C2\SC(=N)NC2=O)ccc1OCC(=O)OC(C)(C)C. The van der Waals surface area contributed by atoms with Crippen LogP contribution in [0.15, 0.2) is 23.1 Å². The van der Waals surface area contributed by atoms with Crippen molar-refractivity contribution in [2.24, 2.45) is 0 Å². The van der Waals surface area contributed by atoms with Crippen LogP contribution in [0.2, 0.25) is 0 Å². The second kappa shape index (κ2) is 7.60. The fourth-order valence-corrected chi connectivity index (χ4v) is 2.70. The lowest BCUT2D eigenvalue weighted by atomic mass is 10.2. The summed E-state index contributed by atoms with van der Waals surface area (Å²) in [5, 5.41) is 9.95. The van der Waals surface area contributed by atoms with Gasteiger partial charge in [0, 0.05) is 0 Å². The van der Waals surface area contributed by atoms with E-state index in [0.717, 1.165) is 11.8 Å². The first-order chi connectivity index (χ1) is 11.7. The molecule has 0 atom stereocenters. The van der Waals surface area contributed by atoms with E-state index < -0.39 is 11.6 Å². The van der Waals surface area contributed by atoms with Gasteiger partial charge in [0.05, 0.1) is 12.0 Å². The van der Waals surface area contributed by atoms with Crippen molar-refractivity contribution < 1.29 is 23.8 Å². The van der Waals surface area contributed by atoms with Gasteiger partial charge in [-0.25, -0.2) is 4.79 Å². The van der Waals surface area contributed by atoms with Crippen molar-refractivity contribution >= 4 is 34.9 Å². The molecule has 0 unspecified atom stereocenters. The van der Waals surface area contributed by atoms with Crippen molar-refractivity contribution in [3.8, 4) is 11.5 Å². The van der Waals surface area contributed by atoms with Crippen molar-refractivity contribution in [3.63, 3.8) is 0 Å². The smallest absolute Gasteiger partial charge is 0.344 e. The number of benzene rings is 1. The first kappa shape index (κ1) is 18.9. The van der Waals surface area contributed by atoms with Crippen LogP contribution >= 0.6 is 11.8 Å². The molecule has 1 aromatic carbocycles. The molecule has 134 valence electrons. The summed E-state index contributed by atoms with van der Waals surface area (Å²) in [6, 6.07) is 5.07. The predicted molar refractivity (Wildman–Crippen MR) is 95.8 cm³/mol. The molecule has 1 aromatic rings. The average Bonchev–Trinajstić information content (AvgIpc) is 2.81. The summed E-state index contributed by atoms with van der Waals surface area (Å²) in [6.45, 7) is 5.11. The van der Waals surface area contributed by atoms with Gasteiger partial charge >= 0.3 is 5.97 Å². The van der Waals surface area contributed by atoms with Gasteiger partial charge < -0.3 is 19.5 Å². The number of ether oxygens (including phenoxy) is 3. The zero-order valence-corrected chi connectivity index (χ0v) is 15.3. The average molecular weight is 364 g/mol. The summed E-state index contributed by atoms with van der Waals surface area (Å²) in [5.74, 6) is 0.0423. The molecule has 2 rings (SSSR count). The Morgan fingerprint density at radius 2 is 2.04 bits per heavy atom. The first-order valence-electron chi connectivity index (χ1n) is 7.50. The van der Waals surface area contributed by atoms with Gasteiger partial charge in [-0.1, -0.05) is 6.07 Å². The third kappa shape index (κ3) is 5.53. The van der Waals surface area contributed by atoms with Crippen LogP contribution in [0.3, 0.4) is 0 Å². The van der Waals surface area contributed by atoms with Gasteiger partial charge in [-0.3, -0.25) is 10.2 Å². The molecule has 25 heavy (non-hydrogen) atoms. The van der Waals surface area contributed by atoms with E-state index in [1.54, 1.807) is 45.0 Å². The summed E-state index contributed by atoms with van der Waals surface area (Å²) in [7, 11) is 1.49. The number of methoxy groups -OCH3 is 1. The summed E-state index contributed by atoms with van der Waals surface area (Å²) >= 11 is 1.06. The topological polar surface area (TPSA) is 97.7 Å². The number of thioether (sulfide) groups is 1. The molecule has 0 aromatic heterocycles. The first-order valence-corrected chi connectivity index (χ1v) is 8.32. The molecule has 0 bridgehead atoms. The molecule has 0 aliphatic carbocycles. The van der Waals surface area contributed by atoms with Crippen LogP contribution in [-0.4, -0.2) is 36.4 Å². The molecule has 7 nitrogen and oxygen atoms in total. The molecular formula is C17H20N2O5S. The number of amides is 1.